The maximum Gasteiger partial charge on any atom is 0.323 e. The Morgan fingerprint density at radius 2 is 1.34 bits per heavy atom. The molecule has 188 valence electrons. The lowest BCUT2D eigenvalue weighted by Crippen LogP contribution is -2.31. The van der Waals surface area contributed by atoms with Crippen molar-refractivity contribution < 1.29 is 14.4 Å². The zero-order valence-electron chi connectivity index (χ0n) is 20.2. The maximum atomic E-state index is 13.1. The van der Waals surface area contributed by atoms with E-state index in [9.17, 15) is 14.4 Å². The van der Waals surface area contributed by atoms with E-state index in [0.717, 1.165) is 10.6 Å². The number of hydrogen-bond acceptors (Lipinski definition) is 6. The van der Waals surface area contributed by atoms with Crippen molar-refractivity contribution in [3.8, 4) is 0 Å². The number of thioether (sulfide) groups is 1. The molecule has 1 aliphatic rings. The van der Waals surface area contributed by atoms with Crippen molar-refractivity contribution in [1.82, 2.24) is 0 Å². The van der Waals surface area contributed by atoms with Gasteiger partial charge in [0.05, 0.1) is 22.3 Å². The van der Waals surface area contributed by atoms with Gasteiger partial charge in [0.15, 0.2) is 0 Å². The molecule has 0 aliphatic carbocycles. The summed E-state index contributed by atoms with van der Waals surface area (Å²) in [5, 5.41) is 13.4. The topological polar surface area (TPSA) is 103 Å². The Kier molecular flexibility index (Phi) is 7.56. The van der Waals surface area contributed by atoms with Gasteiger partial charge in [0.1, 0.15) is 0 Å². The number of nitrogens with one attached hydrogen (secondary N) is 2. The second-order valence-electron chi connectivity index (χ2n) is 8.40. The van der Waals surface area contributed by atoms with E-state index in [1.165, 1.54) is 16.7 Å². The molecule has 4 aromatic rings. The Labute approximate surface area is 223 Å². The van der Waals surface area contributed by atoms with Crippen LogP contribution >= 0.6 is 11.8 Å². The summed E-state index contributed by atoms with van der Waals surface area (Å²) in [5.41, 5.74) is 3.10. The molecule has 1 aliphatic heterocycles. The van der Waals surface area contributed by atoms with Gasteiger partial charge in [0.25, 0.3) is 0 Å². The zero-order valence-corrected chi connectivity index (χ0v) is 21.0. The number of urea groups is 1. The van der Waals surface area contributed by atoms with Crippen LogP contribution in [0.5, 0.6) is 0 Å². The molecule has 4 amide bonds. The van der Waals surface area contributed by atoms with Crippen LogP contribution in [0.1, 0.15) is 6.42 Å². The van der Waals surface area contributed by atoms with Crippen LogP contribution in [0.25, 0.3) is 0 Å². The largest absolute Gasteiger partial charge is 0.323 e. The van der Waals surface area contributed by atoms with Gasteiger partial charge in [-0.2, -0.15) is 10.2 Å². The predicted molar refractivity (Wildman–Crippen MR) is 149 cm³/mol. The van der Waals surface area contributed by atoms with Gasteiger partial charge in [-0.05, 0) is 66.7 Å². The van der Waals surface area contributed by atoms with Crippen molar-refractivity contribution >= 4 is 58.0 Å². The predicted octanol–water partition coefficient (Wildman–Crippen LogP) is 7.17. The van der Waals surface area contributed by atoms with Gasteiger partial charge >= 0.3 is 6.03 Å². The van der Waals surface area contributed by atoms with Crippen LogP contribution in [0, 0.1) is 0 Å². The second kappa shape index (κ2) is 11.5. The van der Waals surface area contributed by atoms with Crippen molar-refractivity contribution in [3.05, 3.63) is 109 Å². The van der Waals surface area contributed by atoms with Crippen LogP contribution in [-0.2, 0) is 9.59 Å². The molecule has 5 rings (SSSR count). The summed E-state index contributed by atoms with van der Waals surface area (Å²) in [5.74, 6) is -0.540. The van der Waals surface area contributed by atoms with Crippen LogP contribution in [0.3, 0.4) is 0 Å². The molecule has 0 aromatic heterocycles. The number of rotatable bonds is 7. The molecule has 2 N–H and O–H groups in total. The summed E-state index contributed by atoms with van der Waals surface area (Å²) < 4.78 is 0. The van der Waals surface area contributed by atoms with Gasteiger partial charge < -0.3 is 10.6 Å². The molecule has 0 bridgehead atoms. The molecule has 1 heterocycles. The van der Waals surface area contributed by atoms with Gasteiger partial charge in [-0.1, -0.05) is 42.5 Å². The lowest BCUT2D eigenvalue weighted by molar-refractivity contribution is -0.121. The van der Waals surface area contributed by atoms with Gasteiger partial charge in [-0.15, -0.1) is 11.8 Å². The van der Waals surface area contributed by atoms with Gasteiger partial charge in [0, 0.05) is 22.7 Å². The maximum absolute atomic E-state index is 13.1. The third-order valence-corrected chi connectivity index (χ3v) is 6.83. The van der Waals surface area contributed by atoms with Gasteiger partial charge in [-0.3, -0.25) is 9.59 Å². The molecule has 8 nitrogen and oxygen atoms in total. The number of anilines is 3. The summed E-state index contributed by atoms with van der Waals surface area (Å²) in [6, 6.07) is 32.1. The standard InChI is InChI=1S/C29H23N5O3S/c35-27-19-26(38-25-13-7-12-23(18-25)31-29(37)30-20-8-3-1-4-9-20)28(36)34(27)24-16-14-22(15-17-24)33-32-21-10-5-2-6-11-21/h1-18,26H,19H2,(H2,30,31,37)/t26-/m1/s1. The minimum absolute atomic E-state index is 0.0884. The Bertz CT molecular complexity index is 1480. The Morgan fingerprint density at radius 1 is 0.737 bits per heavy atom. The van der Waals surface area contributed by atoms with Crippen molar-refractivity contribution in [2.24, 2.45) is 10.2 Å². The fraction of sp³-hybridized carbons (Fsp3) is 0.0690. The first-order valence-electron chi connectivity index (χ1n) is 11.9. The van der Waals surface area contributed by atoms with Crippen molar-refractivity contribution in [2.45, 2.75) is 16.6 Å². The minimum Gasteiger partial charge on any atom is -0.308 e. The number of carbonyl (C=O) groups is 3. The summed E-state index contributed by atoms with van der Waals surface area (Å²) in [4.78, 5) is 40.2. The summed E-state index contributed by atoms with van der Waals surface area (Å²) in [7, 11) is 0. The molecular formula is C29H23N5O3S. The van der Waals surface area contributed by atoms with E-state index in [2.05, 4.69) is 20.9 Å². The number of azo groups is 1. The van der Waals surface area contributed by atoms with Gasteiger partial charge in [-0.25, -0.2) is 9.69 Å². The highest BCUT2D eigenvalue weighted by Crippen LogP contribution is 2.35. The number of benzene rings is 4. The van der Waals surface area contributed by atoms with Crippen LogP contribution in [0.15, 0.2) is 124 Å². The van der Waals surface area contributed by atoms with E-state index in [1.54, 1.807) is 54.6 Å². The molecule has 1 saturated heterocycles. The molecule has 9 heteroatoms. The van der Waals surface area contributed by atoms with E-state index in [1.807, 2.05) is 54.6 Å². The fourth-order valence-corrected chi connectivity index (χ4v) is 4.99. The SMILES string of the molecule is O=C(Nc1ccccc1)Nc1cccc(S[C@@H]2CC(=O)N(c3ccc(N=Nc4ccccc4)cc3)C2=O)c1. The molecule has 4 aromatic carbocycles. The number of amides is 4. The smallest absolute Gasteiger partial charge is 0.308 e. The lowest BCUT2D eigenvalue weighted by atomic mass is 10.2. The van der Waals surface area contributed by atoms with Crippen LogP contribution in [0.2, 0.25) is 0 Å². The molecule has 1 atom stereocenters. The first kappa shape index (κ1) is 24.9. The van der Waals surface area contributed by atoms with Crippen molar-refractivity contribution in [1.29, 1.82) is 0 Å². The normalized spacial score (nSPS) is 15.2. The molecule has 0 saturated carbocycles. The third-order valence-electron chi connectivity index (χ3n) is 5.65. The average Bonchev–Trinajstić information content (AvgIpc) is 3.21. The number of hydrogen-bond donors (Lipinski definition) is 2. The second-order valence-corrected chi connectivity index (χ2v) is 9.68. The van der Waals surface area contributed by atoms with Crippen molar-refractivity contribution in [2.75, 3.05) is 15.5 Å². The van der Waals surface area contributed by atoms with Crippen molar-refractivity contribution in [3.63, 3.8) is 0 Å². The first-order chi connectivity index (χ1) is 18.5. The first-order valence-corrected chi connectivity index (χ1v) is 12.8. The zero-order chi connectivity index (χ0) is 26.3. The fourth-order valence-electron chi connectivity index (χ4n) is 3.87. The highest BCUT2D eigenvalue weighted by molar-refractivity contribution is 8.00. The highest BCUT2D eigenvalue weighted by Gasteiger charge is 2.40. The van der Waals surface area contributed by atoms with E-state index in [-0.39, 0.29) is 24.3 Å². The Balaban J connectivity index is 1.21. The Hall–Kier alpha value is -4.76. The number of imide groups is 1. The highest BCUT2D eigenvalue weighted by atomic mass is 32.2. The monoisotopic (exact) mass is 521 g/mol. The summed E-state index contributed by atoms with van der Waals surface area (Å²) in [6.07, 6.45) is 0.0884. The van der Waals surface area contributed by atoms with E-state index in [4.69, 9.17) is 0 Å². The average molecular weight is 522 g/mol. The molecule has 0 unspecified atom stereocenters. The number of carbonyl (C=O) groups excluding carboxylic acids is 3. The Morgan fingerprint density at radius 3 is 2.05 bits per heavy atom. The molecule has 0 spiro atoms. The van der Waals surface area contributed by atoms with E-state index >= 15 is 0 Å². The van der Waals surface area contributed by atoms with E-state index < -0.39 is 5.25 Å². The summed E-state index contributed by atoms with van der Waals surface area (Å²) >= 11 is 1.30. The molecule has 0 radical (unpaired) electrons. The lowest BCUT2D eigenvalue weighted by Gasteiger charge is -2.15. The number of para-hydroxylation sites is 1. The quantitative estimate of drug-likeness (QED) is 0.199. The minimum atomic E-state index is -0.562. The molecule has 38 heavy (non-hydrogen) atoms. The van der Waals surface area contributed by atoms with Crippen LogP contribution in [0.4, 0.5) is 33.2 Å². The third kappa shape index (κ3) is 6.13. The summed E-state index contributed by atoms with van der Waals surface area (Å²) in [6.45, 7) is 0. The van der Waals surface area contributed by atoms with E-state index in [0.29, 0.717) is 22.7 Å². The number of nitrogens with zero attached hydrogens (tertiary/aromatic N) is 3. The van der Waals surface area contributed by atoms with Gasteiger partial charge in [0.2, 0.25) is 11.8 Å². The molecule has 1 fully saturated rings. The van der Waals surface area contributed by atoms with Crippen LogP contribution in [-0.4, -0.2) is 23.1 Å². The molecular weight excluding hydrogens is 498 g/mol. The van der Waals surface area contributed by atoms with Crippen LogP contribution < -0.4 is 15.5 Å².